The molecule has 1 aromatic carbocycles. The maximum Gasteiger partial charge on any atom is 0.326 e. The lowest BCUT2D eigenvalue weighted by molar-refractivity contribution is -0.149. The number of phenolic OH excluding ortho intramolecular Hbond substituents is 1. The SMILES string of the molecule is NC(CCC(=O)O)C(=O)NC(CCC(=O)O)C(=O)NC(Cc1ccc(O)cc1)C(=O)N1CCCC1C(=O)O. The number of benzene rings is 1. The van der Waals surface area contributed by atoms with E-state index in [-0.39, 0.29) is 38.0 Å². The molecule has 1 aliphatic rings. The van der Waals surface area contributed by atoms with Gasteiger partial charge in [0.2, 0.25) is 17.7 Å². The normalized spacial score (nSPS) is 17.2. The molecule has 8 N–H and O–H groups in total. The summed E-state index contributed by atoms with van der Waals surface area (Å²) in [4.78, 5) is 73.7. The van der Waals surface area contributed by atoms with Gasteiger partial charge in [0.05, 0.1) is 6.04 Å². The quantitative estimate of drug-likeness (QED) is 0.153. The van der Waals surface area contributed by atoms with Gasteiger partial charge in [-0.2, -0.15) is 0 Å². The molecule has 3 amide bonds. The predicted molar refractivity (Wildman–Crippen MR) is 130 cm³/mol. The molecular formula is C24H32N4O10. The summed E-state index contributed by atoms with van der Waals surface area (Å²) in [6.45, 7) is 0.162. The van der Waals surface area contributed by atoms with Gasteiger partial charge in [-0.1, -0.05) is 12.1 Å². The number of hydrogen-bond donors (Lipinski definition) is 7. The summed E-state index contributed by atoms with van der Waals surface area (Å²) in [5, 5.41) is 41.7. The van der Waals surface area contributed by atoms with Gasteiger partial charge >= 0.3 is 17.9 Å². The minimum absolute atomic E-state index is 0.0261. The third-order valence-corrected chi connectivity index (χ3v) is 6.10. The molecule has 4 unspecified atom stereocenters. The molecule has 0 spiro atoms. The molecule has 208 valence electrons. The Labute approximate surface area is 217 Å². The van der Waals surface area contributed by atoms with Crippen molar-refractivity contribution in [3.8, 4) is 5.75 Å². The number of nitrogens with two attached hydrogens (primary N) is 1. The Bertz CT molecular complexity index is 1050. The first-order valence-corrected chi connectivity index (χ1v) is 12.0. The monoisotopic (exact) mass is 536 g/mol. The molecule has 1 aromatic rings. The van der Waals surface area contributed by atoms with E-state index in [0.717, 1.165) is 4.90 Å². The van der Waals surface area contributed by atoms with Crippen LogP contribution < -0.4 is 16.4 Å². The van der Waals surface area contributed by atoms with Gasteiger partial charge in [0, 0.05) is 25.8 Å². The standard InChI is InChI=1S/C24H32N4O10/c25-15(7-9-19(30)31)21(34)26-16(8-10-20(32)33)22(35)27-17(12-13-3-5-14(29)6-4-13)23(36)28-11-1-2-18(28)24(37)38/h3-6,15-18,29H,1-2,7-12,25H2,(H,26,34)(H,27,35)(H,30,31)(H,32,33)(H,37,38). The van der Waals surface area contributed by atoms with Gasteiger partial charge in [-0.25, -0.2) is 4.79 Å². The van der Waals surface area contributed by atoms with E-state index in [1.165, 1.54) is 24.3 Å². The lowest BCUT2D eigenvalue weighted by atomic mass is 10.0. The summed E-state index contributed by atoms with van der Waals surface area (Å²) in [5.74, 6) is -6.07. The smallest absolute Gasteiger partial charge is 0.326 e. The first-order valence-electron chi connectivity index (χ1n) is 12.0. The molecule has 1 fully saturated rings. The molecule has 0 bridgehead atoms. The topological polar surface area (TPSA) is 237 Å². The van der Waals surface area contributed by atoms with Gasteiger partial charge in [0.15, 0.2) is 0 Å². The number of carboxylic acid groups (broad SMARTS) is 3. The van der Waals surface area contributed by atoms with Crippen molar-refractivity contribution in [3.05, 3.63) is 29.8 Å². The highest BCUT2D eigenvalue weighted by Gasteiger charge is 2.38. The third-order valence-electron chi connectivity index (χ3n) is 6.10. The second-order valence-electron chi connectivity index (χ2n) is 8.99. The van der Waals surface area contributed by atoms with E-state index >= 15 is 0 Å². The van der Waals surface area contributed by atoms with Gasteiger partial charge in [0.1, 0.15) is 23.9 Å². The van der Waals surface area contributed by atoms with Crippen LogP contribution in [0.2, 0.25) is 0 Å². The number of nitrogens with zero attached hydrogens (tertiary/aromatic N) is 1. The number of nitrogens with one attached hydrogen (secondary N) is 2. The first-order chi connectivity index (χ1) is 17.9. The van der Waals surface area contributed by atoms with Crippen LogP contribution >= 0.6 is 0 Å². The van der Waals surface area contributed by atoms with Crippen molar-refractivity contribution in [2.24, 2.45) is 5.73 Å². The first kappa shape index (κ1) is 30.0. The zero-order valence-corrected chi connectivity index (χ0v) is 20.5. The van der Waals surface area contributed by atoms with Crippen molar-refractivity contribution < 1.29 is 49.2 Å². The van der Waals surface area contributed by atoms with Crippen LogP contribution in [-0.2, 0) is 35.2 Å². The van der Waals surface area contributed by atoms with E-state index in [1.54, 1.807) is 0 Å². The fourth-order valence-corrected chi connectivity index (χ4v) is 4.05. The van der Waals surface area contributed by atoms with Crippen molar-refractivity contribution in [1.82, 2.24) is 15.5 Å². The van der Waals surface area contributed by atoms with E-state index in [2.05, 4.69) is 10.6 Å². The van der Waals surface area contributed by atoms with E-state index < -0.39 is 72.6 Å². The van der Waals surface area contributed by atoms with Crippen LogP contribution in [-0.4, -0.2) is 91.7 Å². The minimum atomic E-state index is -1.42. The van der Waals surface area contributed by atoms with E-state index in [4.69, 9.17) is 15.9 Å². The number of amides is 3. The summed E-state index contributed by atoms with van der Waals surface area (Å²) in [6, 6.07) is 0.761. The average Bonchev–Trinajstić information content (AvgIpc) is 3.35. The Kier molecular flexibility index (Phi) is 11.0. The number of aliphatic carboxylic acids is 3. The second-order valence-corrected chi connectivity index (χ2v) is 8.99. The highest BCUT2D eigenvalue weighted by atomic mass is 16.4. The molecule has 2 rings (SSSR count). The highest BCUT2D eigenvalue weighted by molar-refractivity contribution is 5.94. The largest absolute Gasteiger partial charge is 0.508 e. The molecule has 1 saturated heterocycles. The maximum absolute atomic E-state index is 13.4. The minimum Gasteiger partial charge on any atom is -0.508 e. The van der Waals surface area contributed by atoms with Crippen molar-refractivity contribution in [1.29, 1.82) is 0 Å². The molecule has 0 aromatic heterocycles. The van der Waals surface area contributed by atoms with Crippen LogP contribution in [0.1, 0.15) is 44.1 Å². The molecule has 1 heterocycles. The van der Waals surface area contributed by atoms with Crippen molar-refractivity contribution in [2.45, 2.75) is 69.1 Å². The second kappa shape index (κ2) is 13.9. The summed E-state index contributed by atoms with van der Waals surface area (Å²) in [6.07, 6.45) is -0.856. The molecule has 38 heavy (non-hydrogen) atoms. The van der Waals surface area contributed by atoms with E-state index in [9.17, 15) is 39.0 Å². The van der Waals surface area contributed by atoms with E-state index in [1.807, 2.05) is 0 Å². The van der Waals surface area contributed by atoms with Crippen molar-refractivity contribution in [2.75, 3.05) is 6.54 Å². The van der Waals surface area contributed by atoms with Gasteiger partial charge in [-0.15, -0.1) is 0 Å². The summed E-state index contributed by atoms with van der Waals surface area (Å²) >= 11 is 0. The average molecular weight is 537 g/mol. The van der Waals surface area contributed by atoms with Gasteiger partial charge in [-0.05, 0) is 43.4 Å². The molecule has 14 heteroatoms. The van der Waals surface area contributed by atoms with Crippen LogP contribution in [0.25, 0.3) is 0 Å². The molecule has 1 aliphatic heterocycles. The fraction of sp³-hybridized carbons (Fsp3) is 0.500. The number of likely N-dealkylation sites (tertiary alicyclic amines) is 1. The molecular weight excluding hydrogens is 504 g/mol. The van der Waals surface area contributed by atoms with Crippen LogP contribution in [0.3, 0.4) is 0 Å². The van der Waals surface area contributed by atoms with Crippen LogP contribution in [0.15, 0.2) is 24.3 Å². The molecule has 14 nitrogen and oxygen atoms in total. The lowest BCUT2D eigenvalue weighted by Gasteiger charge is -2.29. The fourth-order valence-electron chi connectivity index (χ4n) is 4.05. The number of carboxylic acids is 3. The Morgan fingerprint density at radius 2 is 1.47 bits per heavy atom. The van der Waals surface area contributed by atoms with Crippen LogP contribution in [0, 0.1) is 0 Å². The number of phenols is 1. The zero-order chi connectivity index (χ0) is 28.4. The number of hydrogen-bond acceptors (Lipinski definition) is 8. The van der Waals surface area contributed by atoms with Crippen LogP contribution in [0.5, 0.6) is 5.75 Å². The molecule has 0 saturated carbocycles. The van der Waals surface area contributed by atoms with E-state index in [0.29, 0.717) is 12.0 Å². The Morgan fingerprint density at radius 3 is 2.05 bits per heavy atom. The number of aromatic hydroxyl groups is 1. The number of rotatable bonds is 14. The predicted octanol–water partition coefficient (Wildman–Crippen LogP) is -0.963. The highest BCUT2D eigenvalue weighted by Crippen LogP contribution is 2.20. The zero-order valence-electron chi connectivity index (χ0n) is 20.5. The summed E-state index contributed by atoms with van der Waals surface area (Å²) < 4.78 is 0. The maximum atomic E-state index is 13.4. The third kappa shape index (κ3) is 9.03. The Morgan fingerprint density at radius 1 is 0.895 bits per heavy atom. The van der Waals surface area contributed by atoms with Gasteiger partial charge < -0.3 is 41.7 Å². The lowest BCUT2D eigenvalue weighted by Crippen LogP contribution is -2.57. The number of carbonyl (C=O) groups is 6. The number of carbonyl (C=O) groups excluding carboxylic acids is 3. The van der Waals surface area contributed by atoms with Crippen LogP contribution in [0.4, 0.5) is 0 Å². The Balaban J connectivity index is 2.26. The van der Waals surface area contributed by atoms with Crippen molar-refractivity contribution in [3.63, 3.8) is 0 Å². The Hall–Kier alpha value is -4.20. The molecule has 0 radical (unpaired) electrons. The van der Waals surface area contributed by atoms with Gasteiger partial charge in [-0.3, -0.25) is 24.0 Å². The van der Waals surface area contributed by atoms with Crippen molar-refractivity contribution >= 4 is 35.6 Å². The van der Waals surface area contributed by atoms with Gasteiger partial charge in [0.25, 0.3) is 0 Å². The molecule has 4 atom stereocenters. The molecule has 0 aliphatic carbocycles. The summed E-state index contributed by atoms with van der Waals surface area (Å²) in [5.41, 5.74) is 6.24. The summed E-state index contributed by atoms with van der Waals surface area (Å²) in [7, 11) is 0.